The van der Waals surface area contributed by atoms with Gasteiger partial charge in [-0.2, -0.15) is 30.7 Å². The summed E-state index contributed by atoms with van der Waals surface area (Å²) in [6.07, 6.45) is -13.0. The van der Waals surface area contributed by atoms with Crippen molar-refractivity contribution in [1.82, 2.24) is 10.3 Å². The quantitative estimate of drug-likeness (QED) is 0.181. The Balaban J connectivity index is 1.90. The minimum atomic E-state index is -5.00. The van der Waals surface area contributed by atoms with Crippen LogP contribution >= 0.6 is 11.6 Å². The third-order valence-electron chi connectivity index (χ3n) is 6.28. The van der Waals surface area contributed by atoms with Crippen LogP contribution in [0.25, 0.3) is 0 Å². The van der Waals surface area contributed by atoms with Crippen LogP contribution in [0.4, 0.5) is 39.5 Å². The molecule has 0 radical (unpaired) electrons. The molecule has 0 unspecified atom stereocenters. The molecule has 4 aromatic rings. The standard InChI is InChI=1S/C29H20ClF9N2O/c30-20-7-9-25(40-16-20)27(14-17-4-2-1-3-5-17,41-15-18-6-8-24(32)23(10-18)28(35,36)37)19-11-21(31)13-22(12-19)42-29(38,39)26(33)34/h1-13,16,26,41H,14-15H2/t27-/m0/s1. The highest BCUT2D eigenvalue weighted by molar-refractivity contribution is 6.30. The van der Waals surface area contributed by atoms with Crippen LogP contribution in [0.3, 0.4) is 0 Å². The molecule has 3 nitrogen and oxygen atoms in total. The maximum atomic E-state index is 14.9. The van der Waals surface area contributed by atoms with E-state index < -0.39 is 47.2 Å². The molecular weight excluding hydrogens is 599 g/mol. The van der Waals surface area contributed by atoms with Crippen molar-refractivity contribution in [2.45, 2.75) is 37.2 Å². The minimum Gasteiger partial charge on any atom is -0.428 e. The highest BCUT2D eigenvalue weighted by Crippen LogP contribution is 2.38. The largest absolute Gasteiger partial charge is 0.461 e. The van der Waals surface area contributed by atoms with Crippen LogP contribution in [0.15, 0.2) is 85.1 Å². The van der Waals surface area contributed by atoms with E-state index in [1.165, 1.54) is 18.3 Å². The van der Waals surface area contributed by atoms with Crippen LogP contribution in [0, 0.1) is 11.6 Å². The van der Waals surface area contributed by atoms with Crippen molar-refractivity contribution < 1.29 is 44.3 Å². The summed E-state index contributed by atoms with van der Waals surface area (Å²) in [7, 11) is 0. The molecule has 1 aromatic heterocycles. The number of aromatic nitrogens is 1. The van der Waals surface area contributed by atoms with Crippen molar-refractivity contribution in [1.29, 1.82) is 0 Å². The Morgan fingerprint density at radius 2 is 1.55 bits per heavy atom. The molecule has 0 saturated carbocycles. The van der Waals surface area contributed by atoms with Crippen LogP contribution in [0.5, 0.6) is 5.75 Å². The van der Waals surface area contributed by atoms with Gasteiger partial charge in [-0.25, -0.2) is 8.78 Å². The van der Waals surface area contributed by atoms with Crippen LogP contribution in [-0.2, 0) is 24.7 Å². The molecule has 0 aliphatic carbocycles. The van der Waals surface area contributed by atoms with Gasteiger partial charge in [-0.1, -0.05) is 48.0 Å². The summed E-state index contributed by atoms with van der Waals surface area (Å²) < 4.78 is 126. The molecule has 0 aliphatic rings. The topological polar surface area (TPSA) is 34.1 Å². The molecule has 1 atom stereocenters. The summed E-state index contributed by atoms with van der Waals surface area (Å²) in [5.41, 5.74) is -2.69. The molecule has 1 N–H and O–H groups in total. The maximum Gasteiger partial charge on any atom is 0.461 e. The maximum absolute atomic E-state index is 14.9. The van der Waals surface area contributed by atoms with E-state index in [-0.39, 0.29) is 34.8 Å². The molecule has 0 saturated heterocycles. The molecule has 4 rings (SSSR count). The molecule has 0 fully saturated rings. The van der Waals surface area contributed by atoms with E-state index in [9.17, 15) is 39.5 Å². The summed E-state index contributed by atoms with van der Waals surface area (Å²) in [4.78, 5) is 4.30. The van der Waals surface area contributed by atoms with E-state index in [4.69, 9.17) is 11.6 Å². The van der Waals surface area contributed by atoms with Crippen LogP contribution in [0.1, 0.15) is 27.9 Å². The van der Waals surface area contributed by atoms with E-state index in [2.05, 4.69) is 15.0 Å². The molecule has 3 aromatic carbocycles. The summed E-state index contributed by atoms with van der Waals surface area (Å²) in [5, 5.41) is 3.23. The van der Waals surface area contributed by atoms with Crippen molar-refractivity contribution in [3.05, 3.63) is 130 Å². The molecule has 222 valence electrons. The molecular formula is C29H20ClF9N2O. The number of hydrogen-bond donors (Lipinski definition) is 1. The molecule has 1 heterocycles. The van der Waals surface area contributed by atoms with Gasteiger partial charge in [0.05, 0.1) is 21.8 Å². The zero-order valence-corrected chi connectivity index (χ0v) is 22.0. The number of nitrogens with zero attached hydrogens (tertiary/aromatic N) is 1. The number of benzene rings is 3. The van der Waals surface area contributed by atoms with Gasteiger partial charge in [-0.05, 0) is 53.1 Å². The molecule has 42 heavy (non-hydrogen) atoms. The Bertz CT molecular complexity index is 1520. The van der Waals surface area contributed by atoms with Gasteiger partial charge in [0.15, 0.2) is 0 Å². The lowest BCUT2D eigenvalue weighted by Crippen LogP contribution is -2.46. The fraction of sp³-hybridized carbons (Fsp3) is 0.207. The van der Waals surface area contributed by atoms with E-state index >= 15 is 0 Å². The summed E-state index contributed by atoms with van der Waals surface area (Å²) >= 11 is 6.01. The Hall–Kier alpha value is -3.77. The number of rotatable bonds is 10. The second-order valence-electron chi connectivity index (χ2n) is 9.24. The zero-order chi connectivity index (χ0) is 30.7. The van der Waals surface area contributed by atoms with Gasteiger partial charge >= 0.3 is 18.7 Å². The predicted molar refractivity (Wildman–Crippen MR) is 136 cm³/mol. The fourth-order valence-corrected chi connectivity index (χ4v) is 4.46. The van der Waals surface area contributed by atoms with E-state index in [0.29, 0.717) is 23.8 Å². The Morgan fingerprint density at radius 3 is 2.17 bits per heavy atom. The highest BCUT2D eigenvalue weighted by Gasteiger charge is 2.45. The van der Waals surface area contributed by atoms with Crippen molar-refractivity contribution in [2.24, 2.45) is 0 Å². The first-order valence-corrected chi connectivity index (χ1v) is 12.5. The summed E-state index contributed by atoms with van der Waals surface area (Å²) in [6.45, 7) is -0.388. The monoisotopic (exact) mass is 618 g/mol. The van der Waals surface area contributed by atoms with Gasteiger partial charge in [0.25, 0.3) is 0 Å². The van der Waals surface area contributed by atoms with Gasteiger partial charge < -0.3 is 4.74 Å². The number of pyridine rings is 1. The number of alkyl halides is 7. The van der Waals surface area contributed by atoms with Crippen molar-refractivity contribution >= 4 is 11.6 Å². The van der Waals surface area contributed by atoms with E-state index in [1.807, 2.05) is 0 Å². The van der Waals surface area contributed by atoms with Crippen molar-refractivity contribution in [3.63, 3.8) is 0 Å². The second kappa shape index (κ2) is 12.2. The highest BCUT2D eigenvalue weighted by atomic mass is 35.5. The van der Waals surface area contributed by atoms with Crippen LogP contribution in [-0.4, -0.2) is 17.5 Å². The number of hydrogen-bond acceptors (Lipinski definition) is 3. The third-order valence-corrected chi connectivity index (χ3v) is 6.50. The van der Waals surface area contributed by atoms with E-state index in [0.717, 1.165) is 18.2 Å². The Kier molecular flexibility index (Phi) is 9.07. The second-order valence-corrected chi connectivity index (χ2v) is 9.67. The van der Waals surface area contributed by atoms with Gasteiger partial charge in [0.1, 0.15) is 17.4 Å². The third kappa shape index (κ3) is 7.16. The van der Waals surface area contributed by atoms with Crippen molar-refractivity contribution in [3.8, 4) is 5.75 Å². The Morgan fingerprint density at radius 1 is 0.833 bits per heavy atom. The lowest BCUT2D eigenvalue weighted by atomic mass is 9.80. The average molecular weight is 619 g/mol. The lowest BCUT2D eigenvalue weighted by molar-refractivity contribution is -0.253. The molecule has 13 heteroatoms. The smallest absolute Gasteiger partial charge is 0.428 e. The number of ether oxygens (including phenoxy) is 1. The lowest BCUT2D eigenvalue weighted by Gasteiger charge is -2.36. The van der Waals surface area contributed by atoms with Gasteiger partial charge in [0, 0.05) is 25.2 Å². The normalized spacial score (nSPS) is 13.7. The molecule has 0 amide bonds. The van der Waals surface area contributed by atoms with Crippen LogP contribution in [0.2, 0.25) is 5.02 Å². The molecule has 0 aliphatic heterocycles. The average Bonchev–Trinajstić information content (AvgIpc) is 2.91. The zero-order valence-electron chi connectivity index (χ0n) is 21.2. The molecule has 0 spiro atoms. The van der Waals surface area contributed by atoms with Crippen molar-refractivity contribution in [2.75, 3.05) is 0 Å². The van der Waals surface area contributed by atoms with Gasteiger partial charge in [-0.15, -0.1) is 0 Å². The fourth-order valence-electron chi connectivity index (χ4n) is 4.35. The van der Waals surface area contributed by atoms with Gasteiger partial charge in [-0.3, -0.25) is 10.3 Å². The number of nitrogens with one attached hydrogen (secondary N) is 1. The first-order valence-electron chi connectivity index (χ1n) is 12.1. The summed E-state index contributed by atoms with van der Waals surface area (Å²) in [6, 6.07) is 15.9. The first kappa shape index (κ1) is 31.2. The van der Waals surface area contributed by atoms with E-state index in [1.54, 1.807) is 30.3 Å². The first-order chi connectivity index (χ1) is 19.7. The SMILES string of the molecule is Fc1cc(OC(F)(F)C(F)F)cc([C@](Cc2ccccc2)(NCc2ccc(F)c(C(F)(F)F)c2)c2ccc(Cl)cn2)c1. The van der Waals surface area contributed by atoms with Crippen LogP contribution < -0.4 is 10.1 Å². The Labute approximate surface area is 238 Å². The number of halogens is 10. The minimum absolute atomic E-state index is 0.0350. The predicted octanol–water partition coefficient (Wildman–Crippen LogP) is 8.54. The van der Waals surface area contributed by atoms with Gasteiger partial charge in [0.2, 0.25) is 0 Å². The molecule has 0 bridgehead atoms. The summed E-state index contributed by atoms with van der Waals surface area (Å²) in [5.74, 6) is -3.57.